The number of benzene rings is 1. The first kappa shape index (κ1) is 11.1. The third-order valence-corrected chi connectivity index (χ3v) is 2.38. The molecule has 1 heterocycles. The molecule has 0 radical (unpaired) electrons. The zero-order valence-electron chi connectivity index (χ0n) is 9.47. The Morgan fingerprint density at radius 2 is 1.88 bits per heavy atom. The molecule has 0 fully saturated rings. The average molecular weight is 221 g/mol. The highest BCUT2D eigenvalue weighted by Crippen LogP contribution is 2.03. The maximum absolute atomic E-state index is 10.5. The van der Waals surface area contributed by atoms with E-state index in [0.717, 1.165) is 23.1 Å². The molecule has 0 aliphatic heterocycles. The molecule has 0 amide bonds. The zero-order valence-corrected chi connectivity index (χ0v) is 9.47. The van der Waals surface area contributed by atoms with Gasteiger partial charge in [-0.05, 0) is 36.6 Å². The summed E-state index contributed by atoms with van der Waals surface area (Å²) in [6.07, 6.45) is 2.55. The summed E-state index contributed by atoms with van der Waals surface area (Å²) in [7, 11) is 0. The molecule has 0 bridgehead atoms. The van der Waals surface area contributed by atoms with Crippen LogP contribution in [0.5, 0.6) is 0 Å². The fourth-order valence-corrected chi connectivity index (χ4v) is 1.39. The average Bonchev–Trinajstić information content (AvgIpc) is 2.38. The summed E-state index contributed by atoms with van der Waals surface area (Å²) in [5.74, 6) is 6.04. The SMILES string of the molecule is Cc1cccnc1C#Cc1ccc(C=O)cc1. The van der Waals surface area contributed by atoms with Crippen LogP contribution in [0.3, 0.4) is 0 Å². The van der Waals surface area contributed by atoms with Crippen LogP contribution in [0.4, 0.5) is 0 Å². The molecule has 0 atom stereocenters. The normalized spacial score (nSPS) is 9.24. The van der Waals surface area contributed by atoms with Crippen molar-refractivity contribution in [3.8, 4) is 11.8 Å². The molecule has 17 heavy (non-hydrogen) atoms. The van der Waals surface area contributed by atoms with E-state index in [9.17, 15) is 4.79 Å². The van der Waals surface area contributed by atoms with Gasteiger partial charge in [-0.25, -0.2) is 4.98 Å². The van der Waals surface area contributed by atoms with Crippen molar-refractivity contribution in [1.82, 2.24) is 4.98 Å². The van der Waals surface area contributed by atoms with Gasteiger partial charge < -0.3 is 0 Å². The van der Waals surface area contributed by atoms with Gasteiger partial charge in [0.05, 0.1) is 0 Å². The summed E-state index contributed by atoms with van der Waals surface area (Å²) < 4.78 is 0. The van der Waals surface area contributed by atoms with E-state index in [1.807, 2.05) is 31.2 Å². The predicted molar refractivity (Wildman–Crippen MR) is 66.8 cm³/mol. The van der Waals surface area contributed by atoms with Crippen molar-refractivity contribution in [1.29, 1.82) is 0 Å². The highest BCUT2D eigenvalue weighted by molar-refractivity contribution is 5.74. The van der Waals surface area contributed by atoms with Crippen LogP contribution >= 0.6 is 0 Å². The van der Waals surface area contributed by atoms with E-state index in [0.29, 0.717) is 5.56 Å². The Bertz CT molecular complexity index is 588. The highest BCUT2D eigenvalue weighted by atomic mass is 16.1. The molecule has 2 nitrogen and oxygen atoms in total. The second-order valence-corrected chi connectivity index (χ2v) is 3.66. The lowest BCUT2D eigenvalue weighted by atomic mass is 10.1. The molecular weight excluding hydrogens is 210 g/mol. The van der Waals surface area contributed by atoms with Gasteiger partial charge >= 0.3 is 0 Å². The molecule has 2 heteroatoms. The maximum atomic E-state index is 10.5. The Hall–Kier alpha value is -2.40. The maximum Gasteiger partial charge on any atom is 0.150 e. The minimum atomic E-state index is 0.657. The fourth-order valence-electron chi connectivity index (χ4n) is 1.39. The van der Waals surface area contributed by atoms with Crippen LogP contribution < -0.4 is 0 Å². The third-order valence-electron chi connectivity index (χ3n) is 2.38. The van der Waals surface area contributed by atoms with Gasteiger partial charge in [0.25, 0.3) is 0 Å². The minimum Gasteiger partial charge on any atom is -0.298 e. The third kappa shape index (κ3) is 2.79. The van der Waals surface area contributed by atoms with Crippen molar-refractivity contribution in [3.63, 3.8) is 0 Å². The molecule has 0 N–H and O–H groups in total. The molecule has 2 aromatic rings. The zero-order chi connectivity index (χ0) is 12.1. The smallest absolute Gasteiger partial charge is 0.150 e. The van der Waals surface area contributed by atoms with Crippen molar-refractivity contribution < 1.29 is 4.79 Å². The number of nitrogens with zero attached hydrogens (tertiary/aromatic N) is 1. The van der Waals surface area contributed by atoms with Crippen molar-refractivity contribution in [2.75, 3.05) is 0 Å². The van der Waals surface area contributed by atoms with Crippen molar-refractivity contribution >= 4 is 6.29 Å². The van der Waals surface area contributed by atoms with E-state index >= 15 is 0 Å². The quantitative estimate of drug-likeness (QED) is 0.547. The Morgan fingerprint density at radius 1 is 1.12 bits per heavy atom. The van der Waals surface area contributed by atoms with Gasteiger partial charge in [0.1, 0.15) is 12.0 Å². The number of rotatable bonds is 1. The summed E-state index contributed by atoms with van der Waals surface area (Å²) >= 11 is 0. The summed E-state index contributed by atoms with van der Waals surface area (Å²) in [6, 6.07) is 11.0. The van der Waals surface area contributed by atoms with Crippen LogP contribution in [-0.2, 0) is 0 Å². The predicted octanol–water partition coefficient (Wildman–Crippen LogP) is 2.60. The van der Waals surface area contributed by atoms with E-state index in [1.165, 1.54) is 0 Å². The molecule has 0 saturated carbocycles. The van der Waals surface area contributed by atoms with Crippen molar-refractivity contribution in [3.05, 3.63) is 65.0 Å². The topological polar surface area (TPSA) is 30.0 Å². The fraction of sp³-hybridized carbons (Fsp3) is 0.0667. The number of pyridine rings is 1. The Morgan fingerprint density at radius 3 is 2.53 bits per heavy atom. The summed E-state index contributed by atoms with van der Waals surface area (Å²) in [5, 5.41) is 0. The highest BCUT2D eigenvalue weighted by Gasteiger charge is 1.93. The summed E-state index contributed by atoms with van der Waals surface area (Å²) in [6.45, 7) is 1.98. The van der Waals surface area contributed by atoms with Crippen LogP contribution in [0, 0.1) is 18.8 Å². The molecule has 0 unspecified atom stereocenters. The van der Waals surface area contributed by atoms with Crippen molar-refractivity contribution in [2.45, 2.75) is 6.92 Å². The van der Waals surface area contributed by atoms with E-state index in [-0.39, 0.29) is 0 Å². The lowest BCUT2D eigenvalue weighted by Gasteiger charge is -1.94. The Balaban J connectivity index is 2.27. The van der Waals surface area contributed by atoms with Gasteiger partial charge in [0, 0.05) is 17.3 Å². The van der Waals surface area contributed by atoms with Crippen molar-refractivity contribution in [2.24, 2.45) is 0 Å². The van der Waals surface area contributed by atoms with Crippen LogP contribution in [0.15, 0.2) is 42.6 Å². The monoisotopic (exact) mass is 221 g/mol. The largest absolute Gasteiger partial charge is 0.298 e. The van der Waals surface area contributed by atoms with Gasteiger partial charge in [0.2, 0.25) is 0 Å². The lowest BCUT2D eigenvalue weighted by molar-refractivity contribution is 0.112. The number of hydrogen-bond acceptors (Lipinski definition) is 2. The molecule has 82 valence electrons. The Kier molecular flexibility index (Phi) is 3.32. The molecule has 2 rings (SSSR count). The standard InChI is InChI=1S/C15H11NO/c1-12-3-2-10-16-15(12)9-8-13-4-6-14(11-17)7-5-13/h2-7,10-11H,1H3. The van der Waals surface area contributed by atoms with E-state index in [1.54, 1.807) is 18.3 Å². The molecule has 1 aromatic heterocycles. The van der Waals surface area contributed by atoms with Gasteiger partial charge in [-0.15, -0.1) is 0 Å². The number of carbonyl (C=O) groups excluding carboxylic acids is 1. The van der Waals surface area contributed by atoms with Gasteiger partial charge in [-0.1, -0.05) is 24.1 Å². The minimum absolute atomic E-state index is 0.657. The van der Waals surface area contributed by atoms with E-state index < -0.39 is 0 Å². The molecule has 0 spiro atoms. The van der Waals surface area contributed by atoms with Crippen LogP contribution in [-0.4, -0.2) is 11.3 Å². The van der Waals surface area contributed by atoms with Crippen LogP contribution in [0.1, 0.15) is 27.2 Å². The van der Waals surface area contributed by atoms with Crippen LogP contribution in [0.2, 0.25) is 0 Å². The molecular formula is C15H11NO. The van der Waals surface area contributed by atoms with Gasteiger partial charge in [-0.2, -0.15) is 0 Å². The van der Waals surface area contributed by atoms with E-state index in [2.05, 4.69) is 16.8 Å². The molecule has 0 aliphatic rings. The van der Waals surface area contributed by atoms with Crippen LogP contribution in [0.25, 0.3) is 0 Å². The second-order valence-electron chi connectivity index (χ2n) is 3.66. The summed E-state index contributed by atoms with van der Waals surface area (Å²) in [5.41, 5.74) is 3.38. The van der Waals surface area contributed by atoms with Gasteiger partial charge in [0.15, 0.2) is 0 Å². The first-order valence-corrected chi connectivity index (χ1v) is 5.28. The second kappa shape index (κ2) is 5.09. The van der Waals surface area contributed by atoms with E-state index in [4.69, 9.17) is 0 Å². The number of aldehydes is 1. The number of carbonyl (C=O) groups is 1. The number of aromatic nitrogens is 1. The molecule has 0 saturated heterocycles. The first-order valence-electron chi connectivity index (χ1n) is 5.28. The molecule has 1 aromatic carbocycles. The first-order chi connectivity index (χ1) is 8.29. The molecule has 0 aliphatic carbocycles. The summed E-state index contributed by atoms with van der Waals surface area (Å²) in [4.78, 5) is 14.7. The number of hydrogen-bond donors (Lipinski definition) is 0. The lowest BCUT2D eigenvalue weighted by Crippen LogP contribution is -1.86. The Labute approximate surface area is 100 Å². The number of aryl methyl sites for hydroxylation is 1. The van der Waals surface area contributed by atoms with Gasteiger partial charge in [-0.3, -0.25) is 4.79 Å².